The summed E-state index contributed by atoms with van der Waals surface area (Å²) in [5, 5.41) is 0. The zero-order valence-electron chi connectivity index (χ0n) is 17.0. The average molecular weight is 435 g/mol. The summed E-state index contributed by atoms with van der Waals surface area (Å²) in [6.45, 7) is 5.17. The maximum Gasteiger partial charge on any atom is 0.418 e. The van der Waals surface area contributed by atoms with Crippen molar-refractivity contribution in [3.05, 3.63) is 52.1 Å². The molecule has 0 radical (unpaired) electrons. The molecule has 30 heavy (non-hydrogen) atoms. The van der Waals surface area contributed by atoms with Crippen LogP contribution in [0.1, 0.15) is 37.0 Å². The van der Waals surface area contributed by atoms with Gasteiger partial charge in [-0.3, -0.25) is 4.79 Å². The number of carbonyl (C=O) groups is 1. The van der Waals surface area contributed by atoms with Crippen LogP contribution in [-0.4, -0.2) is 30.5 Å². The summed E-state index contributed by atoms with van der Waals surface area (Å²) in [6, 6.07) is 0.651. The predicted octanol–water partition coefficient (Wildman–Crippen LogP) is 5.25. The molecule has 1 aromatic carbocycles. The number of allylic oxidation sites excluding steroid dienone is 3. The quantitative estimate of drug-likeness (QED) is 0.508. The van der Waals surface area contributed by atoms with E-state index >= 15 is 4.39 Å². The van der Waals surface area contributed by atoms with E-state index in [2.05, 4.69) is 0 Å². The third-order valence-corrected chi connectivity index (χ3v) is 5.17. The highest BCUT2D eigenvalue weighted by Gasteiger charge is 2.52. The van der Waals surface area contributed by atoms with E-state index in [0.717, 1.165) is 13.0 Å². The summed E-state index contributed by atoms with van der Waals surface area (Å²) in [5.41, 5.74) is 1.20. The molecule has 0 saturated carbocycles. The van der Waals surface area contributed by atoms with Gasteiger partial charge in [-0.15, -0.1) is 0 Å². The molecule has 1 aliphatic carbocycles. The average Bonchev–Trinajstić information content (AvgIpc) is 2.57. The molecule has 1 aliphatic rings. The van der Waals surface area contributed by atoms with Crippen molar-refractivity contribution in [3.63, 3.8) is 0 Å². The second-order valence-corrected chi connectivity index (χ2v) is 7.46. The van der Waals surface area contributed by atoms with Crippen molar-refractivity contribution in [2.24, 2.45) is 11.7 Å². The van der Waals surface area contributed by atoms with Gasteiger partial charge in [0.2, 0.25) is 0 Å². The minimum Gasteiger partial charge on any atom is -0.466 e. The number of esters is 1. The summed E-state index contributed by atoms with van der Waals surface area (Å²) < 4.78 is 90.0. The van der Waals surface area contributed by atoms with Crippen LogP contribution in [0.2, 0.25) is 0 Å². The van der Waals surface area contributed by atoms with Gasteiger partial charge in [0.15, 0.2) is 0 Å². The van der Waals surface area contributed by atoms with Crippen molar-refractivity contribution >= 4 is 11.5 Å². The third-order valence-electron chi connectivity index (χ3n) is 5.17. The zero-order valence-corrected chi connectivity index (χ0v) is 17.0. The molecule has 3 nitrogen and oxygen atoms in total. The van der Waals surface area contributed by atoms with Gasteiger partial charge in [-0.2, -0.15) is 13.2 Å². The number of nitrogens with two attached hydrogens (primary N) is 1. The lowest BCUT2D eigenvalue weighted by Gasteiger charge is -2.39. The number of alkyl halides is 4. The summed E-state index contributed by atoms with van der Waals surface area (Å²) in [7, 11) is 0. The molecule has 0 fully saturated rings. The van der Waals surface area contributed by atoms with Crippen molar-refractivity contribution in [1.29, 1.82) is 0 Å². The Kier molecular flexibility index (Phi) is 6.76. The second kappa shape index (κ2) is 8.45. The fourth-order valence-corrected chi connectivity index (χ4v) is 3.68. The largest absolute Gasteiger partial charge is 0.466 e. The lowest BCUT2D eigenvalue weighted by molar-refractivity contribution is -0.143. The van der Waals surface area contributed by atoms with Crippen molar-refractivity contribution in [2.75, 3.05) is 6.61 Å². The Labute approximate surface area is 170 Å². The molecular weight excluding hydrogens is 412 g/mol. The van der Waals surface area contributed by atoms with Crippen molar-refractivity contribution in [2.45, 2.75) is 52.0 Å². The zero-order chi connectivity index (χ0) is 23.0. The van der Waals surface area contributed by atoms with Crippen LogP contribution < -0.4 is 5.73 Å². The molecule has 166 valence electrons. The van der Waals surface area contributed by atoms with Crippen LogP contribution in [0.3, 0.4) is 0 Å². The van der Waals surface area contributed by atoms with Gasteiger partial charge in [0.25, 0.3) is 0 Å². The molecule has 2 rings (SSSR count). The Morgan fingerprint density at radius 3 is 2.37 bits per heavy atom. The predicted molar refractivity (Wildman–Crippen MR) is 100 cm³/mol. The molecule has 0 heterocycles. The number of carbonyl (C=O) groups excluding carboxylic acids is 1. The maximum absolute atomic E-state index is 16.0. The van der Waals surface area contributed by atoms with Crippen LogP contribution in [0.25, 0.3) is 5.57 Å². The molecule has 9 heteroatoms. The molecule has 0 saturated heterocycles. The molecule has 0 spiro atoms. The number of benzene rings is 1. The van der Waals surface area contributed by atoms with E-state index in [1.54, 1.807) is 0 Å². The number of aryl methyl sites for hydroxylation is 2. The lowest BCUT2D eigenvalue weighted by Crippen LogP contribution is -2.48. The molecule has 3 atom stereocenters. The Hall–Kier alpha value is -2.29. The Bertz CT molecular complexity index is 901. The highest BCUT2D eigenvalue weighted by molar-refractivity contribution is 5.80. The van der Waals surface area contributed by atoms with Crippen LogP contribution in [0, 0.1) is 25.6 Å². The van der Waals surface area contributed by atoms with E-state index in [9.17, 15) is 26.7 Å². The summed E-state index contributed by atoms with van der Waals surface area (Å²) >= 11 is 0. The Morgan fingerprint density at radius 1 is 1.23 bits per heavy atom. The fourth-order valence-electron chi connectivity index (χ4n) is 3.68. The van der Waals surface area contributed by atoms with Crippen LogP contribution in [0.15, 0.2) is 29.6 Å². The summed E-state index contributed by atoms with van der Waals surface area (Å²) in [6.07, 6.45) is -5.41. The SMILES string of the molecule is CCOC(=O)CC(N)C1C(F)=C(C(F)(F)F)C=C(c2cc(C)c(F)cc2C)C1(C)F. The molecule has 0 aromatic heterocycles. The molecule has 0 aliphatic heterocycles. The number of hydrogen-bond acceptors (Lipinski definition) is 3. The first-order valence-corrected chi connectivity index (χ1v) is 9.28. The van der Waals surface area contributed by atoms with Gasteiger partial charge in [-0.25, -0.2) is 13.2 Å². The second-order valence-electron chi connectivity index (χ2n) is 7.46. The van der Waals surface area contributed by atoms with E-state index in [0.29, 0.717) is 6.08 Å². The van der Waals surface area contributed by atoms with E-state index < -0.39 is 59.0 Å². The van der Waals surface area contributed by atoms with Crippen LogP contribution in [0.5, 0.6) is 0 Å². The minimum atomic E-state index is -5.13. The van der Waals surface area contributed by atoms with Gasteiger partial charge >= 0.3 is 12.1 Å². The molecule has 0 bridgehead atoms. The molecule has 1 aromatic rings. The van der Waals surface area contributed by atoms with Gasteiger partial charge in [-0.1, -0.05) is 0 Å². The first-order valence-electron chi connectivity index (χ1n) is 9.28. The lowest BCUT2D eigenvalue weighted by atomic mass is 9.70. The Balaban J connectivity index is 2.69. The normalized spacial score (nSPS) is 23.3. The number of ether oxygens (including phenoxy) is 1. The number of halogens is 6. The topological polar surface area (TPSA) is 52.3 Å². The molecular formula is C21H23F6NO2. The van der Waals surface area contributed by atoms with Crippen LogP contribution in [0.4, 0.5) is 26.3 Å². The first kappa shape index (κ1) is 24.0. The monoisotopic (exact) mass is 435 g/mol. The van der Waals surface area contributed by atoms with E-state index in [4.69, 9.17) is 10.5 Å². The van der Waals surface area contributed by atoms with Gasteiger partial charge in [-0.05, 0) is 68.2 Å². The summed E-state index contributed by atoms with van der Waals surface area (Å²) in [4.78, 5) is 11.7. The standard InChI is InChI=1S/C21H23F6NO2/c1-5-30-17(29)9-16(28)18-19(23)14(21(25,26)27)8-13(20(18,4)24)12-6-11(3)15(22)7-10(12)2/h6-8,16,18H,5,9,28H2,1-4H3. The third kappa shape index (κ3) is 4.55. The highest BCUT2D eigenvalue weighted by atomic mass is 19.4. The van der Waals surface area contributed by atoms with E-state index in [-0.39, 0.29) is 23.3 Å². The van der Waals surface area contributed by atoms with Gasteiger partial charge in [0, 0.05) is 6.04 Å². The number of rotatable bonds is 5. The minimum absolute atomic E-state index is 0.00137. The van der Waals surface area contributed by atoms with Gasteiger partial charge in [0.05, 0.1) is 24.5 Å². The number of hydrogen-bond donors (Lipinski definition) is 1. The highest BCUT2D eigenvalue weighted by Crippen LogP contribution is 2.51. The first-order chi connectivity index (χ1) is 13.7. The van der Waals surface area contributed by atoms with Crippen molar-refractivity contribution in [1.82, 2.24) is 0 Å². The van der Waals surface area contributed by atoms with Crippen LogP contribution in [-0.2, 0) is 9.53 Å². The van der Waals surface area contributed by atoms with Gasteiger partial charge in [0.1, 0.15) is 17.3 Å². The van der Waals surface area contributed by atoms with Crippen molar-refractivity contribution in [3.8, 4) is 0 Å². The van der Waals surface area contributed by atoms with Gasteiger partial charge < -0.3 is 10.5 Å². The Morgan fingerprint density at radius 2 is 1.83 bits per heavy atom. The maximum atomic E-state index is 16.0. The summed E-state index contributed by atoms with van der Waals surface area (Å²) in [5.74, 6) is -5.37. The van der Waals surface area contributed by atoms with E-state index in [1.165, 1.54) is 26.8 Å². The van der Waals surface area contributed by atoms with E-state index in [1.807, 2.05) is 0 Å². The fraction of sp³-hybridized carbons (Fsp3) is 0.476. The van der Waals surface area contributed by atoms with Crippen molar-refractivity contribution < 1.29 is 35.9 Å². The molecule has 3 unspecified atom stereocenters. The smallest absolute Gasteiger partial charge is 0.418 e. The van der Waals surface area contributed by atoms with Crippen LogP contribution >= 0.6 is 0 Å². The molecule has 0 amide bonds. The molecule has 2 N–H and O–H groups in total.